The maximum absolute atomic E-state index is 12.2. The van der Waals surface area contributed by atoms with Crippen molar-refractivity contribution in [2.24, 2.45) is 0 Å². The van der Waals surface area contributed by atoms with Crippen LogP contribution in [0, 0.1) is 0 Å². The molecule has 0 saturated heterocycles. The predicted molar refractivity (Wildman–Crippen MR) is 127 cm³/mol. The average Bonchev–Trinajstić information content (AvgIpc) is 3.27. The van der Waals surface area contributed by atoms with Crippen LogP contribution < -0.4 is 19.5 Å². The zero-order valence-corrected chi connectivity index (χ0v) is 18.6. The zero-order valence-electron chi connectivity index (χ0n) is 18.6. The molecule has 0 aromatic heterocycles. The zero-order chi connectivity index (χ0) is 22.6. The summed E-state index contributed by atoms with van der Waals surface area (Å²) >= 11 is 0. The third-order valence-electron chi connectivity index (χ3n) is 5.70. The molecule has 1 N–H and O–H groups in total. The van der Waals surface area contributed by atoms with Crippen LogP contribution in [-0.4, -0.2) is 12.7 Å². The molecule has 3 aromatic rings. The molecule has 1 amide bonds. The lowest BCUT2D eigenvalue weighted by atomic mass is 9.82. The summed E-state index contributed by atoms with van der Waals surface area (Å²) in [6.45, 7) is 6.89. The predicted octanol–water partition coefficient (Wildman–Crippen LogP) is 6.55. The molecule has 0 spiro atoms. The highest BCUT2D eigenvalue weighted by molar-refractivity contribution is 6.02. The Morgan fingerprint density at radius 3 is 2.31 bits per heavy atom. The standard InChI is InChI=1S/C27H27NO4/c1-4-27(2,3)20-7-11-22(12-8-20)32-23-13-9-21(10-14-23)28-26(29)16-6-19-5-15-24-25(17-19)31-18-30-24/h5-17H,4,18H2,1-3H3,(H,28,29)/b16-6+. The van der Waals surface area contributed by atoms with Gasteiger partial charge in [-0.15, -0.1) is 0 Å². The van der Waals surface area contributed by atoms with Crippen molar-refractivity contribution in [1.29, 1.82) is 0 Å². The van der Waals surface area contributed by atoms with Crippen LogP contribution in [0.15, 0.2) is 72.8 Å². The fourth-order valence-electron chi connectivity index (χ4n) is 3.29. The van der Waals surface area contributed by atoms with Gasteiger partial charge in [0, 0.05) is 11.8 Å². The Kier molecular flexibility index (Phi) is 6.17. The maximum atomic E-state index is 12.2. The number of carbonyl (C=O) groups is 1. The lowest BCUT2D eigenvalue weighted by Gasteiger charge is -2.23. The van der Waals surface area contributed by atoms with Crippen LogP contribution in [0.3, 0.4) is 0 Å². The van der Waals surface area contributed by atoms with Gasteiger partial charge in [-0.1, -0.05) is 39.0 Å². The monoisotopic (exact) mass is 429 g/mol. The average molecular weight is 430 g/mol. The third-order valence-corrected chi connectivity index (χ3v) is 5.70. The molecular weight excluding hydrogens is 402 g/mol. The van der Waals surface area contributed by atoms with Gasteiger partial charge in [-0.3, -0.25) is 4.79 Å². The third kappa shape index (κ3) is 5.11. The second kappa shape index (κ2) is 9.18. The molecule has 5 heteroatoms. The van der Waals surface area contributed by atoms with Gasteiger partial charge < -0.3 is 19.5 Å². The number of carbonyl (C=O) groups excluding carboxylic acids is 1. The molecule has 5 nitrogen and oxygen atoms in total. The number of ether oxygens (including phenoxy) is 3. The van der Waals surface area contributed by atoms with Gasteiger partial charge in [0.25, 0.3) is 0 Å². The van der Waals surface area contributed by atoms with Gasteiger partial charge in [-0.05, 0) is 77.6 Å². The van der Waals surface area contributed by atoms with Gasteiger partial charge in [0.1, 0.15) is 11.5 Å². The van der Waals surface area contributed by atoms with Crippen LogP contribution in [0.5, 0.6) is 23.0 Å². The molecule has 0 aliphatic carbocycles. The first kappa shape index (κ1) is 21.5. The summed E-state index contributed by atoms with van der Waals surface area (Å²) in [6, 6.07) is 21.0. The number of rotatable bonds is 7. The van der Waals surface area contributed by atoms with Gasteiger partial charge in [-0.2, -0.15) is 0 Å². The number of nitrogens with one attached hydrogen (secondary N) is 1. The van der Waals surface area contributed by atoms with E-state index in [9.17, 15) is 4.79 Å². The second-order valence-corrected chi connectivity index (χ2v) is 8.32. The van der Waals surface area contributed by atoms with Gasteiger partial charge >= 0.3 is 0 Å². The Labute approximate surface area is 188 Å². The minimum Gasteiger partial charge on any atom is -0.457 e. The van der Waals surface area contributed by atoms with Crippen LogP contribution in [-0.2, 0) is 10.2 Å². The van der Waals surface area contributed by atoms with Crippen LogP contribution in [0.2, 0.25) is 0 Å². The Morgan fingerprint density at radius 1 is 0.969 bits per heavy atom. The first-order valence-electron chi connectivity index (χ1n) is 10.7. The van der Waals surface area contributed by atoms with Crippen molar-refractivity contribution < 1.29 is 19.0 Å². The Bertz CT molecular complexity index is 1120. The molecule has 0 bridgehead atoms. The fraction of sp³-hybridized carbons (Fsp3) is 0.222. The van der Waals surface area contributed by atoms with E-state index in [1.807, 2.05) is 54.6 Å². The van der Waals surface area contributed by atoms with E-state index in [-0.39, 0.29) is 18.1 Å². The van der Waals surface area contributed by atoms with Crippen LogP contribution >= 0.6 is 0 Å². The number of amides is 1. The highest BCUT2D eigenvalue weighted by Gasteiger charge is 2.17. The van der Waals surface area contributed by atoms with E-state index >= 15 is 0 Å². The van der Waals surface area contributed by atoms with Crippen molar-refractivity contribution in [2.75, 3.05) is 12.1 Å². The number of fused-ring (bicyclic) bond motifs is 1. The van der Waals surface area contributed by atoms with Crippen molar-refractivity contribution in [3.05, 3.63) is 83.9 Å². The smallest absolute Gasteiger partial charge is 0.248 e. The first-order chi connectivity index (χ1) is 15.4. The minimum atomic E-state index is -0.217. The lowest BCUT2D eigenvalue weighted by molar-refractivity contribution is -0.111. The largest absolute Gasteiger partial charge is 0.457 e. The molecule has 164 valence electrons. The van der Waals surface area contributed by atoms with Crippen molar-refractivity contribution in [2.45, 2.75) is 32.6 Å². The van der Waals surface area contributed by atoms with E-state index in [4.69, 9.17) is 14.2 Å². The molecule has 4 rings (SSSR count). The lowest BCUT2D eigenvalue weighted by Crippen LogP contribution is -2.14. The van der Waals surface area contributed by atoms with E-state index in [0.29, 0.717) is 17.2 Å². The molecule has 0 fully saturated rings. The number of hydrogen-bond donors (Lipinski definition) is 1. The summed E-state index contributed by atoms with van der Waals surface area (Å²) in [5.74, 6) is 2.68. The molecule has 0 atom stereocenters. The van der Waals surface area contributed by atoms with Gasteiger partial charge in [0.15, 0.2) is 11.5 Å². The summed E-state index contributed by atoms with van der Waals surface area (Å²) in [5, 5.41) is 2.85. The Morgan fingerprint density at radius 2 is 1.62 bits per heavy atom. The molecule has 1 aliphatic heterocycles. The number of benzene rings is 3. The summed E-state index contributed by atoms with van der Waals surface area (Å²) in [4.78, 5) is 12.2. The second-order valence-electron chi connectivity index (χ2n) is 8.32. The van der Waals surface area contributed by atoms with Crippen LogP contribution in [0.1, 0.15) is 38.3 Å². The van der Waals surface area contributed by atoms with Crippen molar-refractivity contribution >= 4 is 17.7 Å². The van der Waals surface area contributed by atoms with Gasteiger partial charge in [0.05, 0.1) is 0 Å². The fourth-order valence-corrected chi connectivity index (χ4v) is 3.29. The van der Waals surface area contributed by atoms with E-state index in [0.717, 1.165) is 23.5 Å². The highest BCUT2D eigenvalue weighted by atomic mass is 16.7. The van der Waals surface area contributed by atoms with Crippen molar-refractivity contribution in [1.82, 2.24) is 0 Å². The minimum absolute atomic E-state index is 0.148. The molecule has 0 radical (unpaired) electrons. The highest BCUT2D eigenvalue weighted by Crippen LogP contribution is 2.33. The summed E-state index contributed by atoms with van der Waals surface area (Å²) in [7, 11) is 0. The van der Waals surface area contributed by atoms with Crippen LogP contribution in [0.4, 0.5) is 5.69 Å². The van der Waals surface area contributed by atoms with Crippen LogP contribution in [0.25, 0.3) is 6.08 Å². The molecule has 1 aliphatic rings. The van der Waals surface area contributed by atoms with Gasteiger partial charge in [0.2, 0.25) is 12.7 Å². The van der Waals surface area contributed by atoms with E-state index in [2.05, 4.69) is 38.2 Å². The molecule has 1 heterocycles. The van der Waals surface area contributed by atoms with Crippen molar-refractivity contribution in [3.8, 4) is 23.0 Å². The Hall–Kier alpha value is -3.73. The van der Waals surface area contributed by atoms with E-state index in [1.165, 1.54) is 11.6 Å². The normalized spacial score (nSPS) is 12.7. The van der Waals surface area contributed by atoms with Crippen molar-refractivity contribution in [3.63, 3.8) is 0 Å². The summed E-state index contributed by atoms with van der Waals surface area (Å²) in [5.41, 5.74) is 2.99. The topological polar surface area (TPSA) is 56.8 Å². The Balaban J connectivity index is 1.33. The van der Waals surface area contributed by atoms with Gasteiger partial charge in [-0.25, -0.2) is 0 Å². The van der Waals surface area contributed by atoms with E-state index in [1.54, 1.807) is 6.08 Å². The number of hydrogen-bond acceptors (Lipinski definition) is 4. The molecule has 0 saturated carbocycles. The SMILES string of the molecule is CCC(C)(C)c1ccc(Oc2ccc(NC(=O)/C=C/c3ccc4c(c3)OCO4)cc2)cc1. The maximum Gasteiger partial charge on any atom is 0.248 e. The number of anilines is 1. The molecule has 3 aromatic carbocycles. The summed E-state index contributed by atoms with van der Waals surface area (Å²) < 4.78 is 16.6. The quantitative estimate of drug-likeness (QED) is 0.433. The molecule has 0 unspecified atom stereocenters. The summed E-state index contributed by atoms with van der Waals surface area (Å²) in [6.07, 6.45) is 4.30. The molecule has 32 heavy (non-hydrogen) atoms. The molecular formula is C27H27NO4. The van der Waals surface area contributed by atoms with E-state index < -0.39 is 0 Å². The first-order valence-corrected chi connectivity index (χ1v) is 10.7.